The normalized spacial score (nSPS) is 15.6. The average Bonchev–Trinajstić information content (AvgIpc) is 2.43. The lowest BCUT2D eigenvalue weighted by Gasteiger charge is -2.25. The Hall–Kier alpha value is -2.50. The highest BCUT2D eigenvalue weighted by molar-refractivity contribution is 5.96. The first-order valence-corrected chi connectivity index (χ1v) is 6.45. The molecular formula is C14H14N4O2. The van der Waals surface area contributed by atoms with E-state index < -0.39 is 0 Å². The Bertz CT molecular complexity index is 683. The minimum absolute atomic E-state index is 0.161. The van der Waals surface area contributed by atoms with Gasteiger partial charge in [0.15, 0.2) is 0 Å². The minimum atomic E-state index is -0.365. The van der Waals surface area contributed by atoms with E-state index >= 15 is 0 Å². The van der Waals surface area contributed by atoms with Crippen LogP contribution in [0.5, 0.6) is 0 Å². The predicted octanol–water partition coefficient (Wildman–Crippen LogP) is 1.38. The summed E-state index contributed by atoms with van der Waals surface area (Å²) in [6.45, 7) is 2.39. The number of carbonyl (C=O) groups is 2. The van der Waals surface area contributed by atoms with Gasteiger partial charge in [0.25, 0.3) is 0 Å². The molecule has 1 aliphatic rings. The topological polar surface area (TPSA) is 75.2 Å². The smallest absolute Gasteiger partial charge is 0.324 e. The summed E-state index contributed by atoms with van der Waals surface area (Å²) in [5, 5.41) is 2.66. The quantitative estimate of drug-likeness (QED) is 0.894. The molecule has 0 unspecified atom stereocenters. The summed E-state index contributed by atoms with van der Waals surface area (Å²) < 4.78 is 0. The lowest BCUT2D eigenvalue weighted by atomic mass is 10.2. The highest BCUT2D eigenvalue weighted by atomic mass is 16.2. The molecule has 1 aromatic heterocycles. The number of urea groups is 1. The Morgan fingerprint density at radius 1 is 1.20 bits per heavy atom. The van der Waals surface area contributed by atoms with Crippen molar-refractivity contribution in [1.29, 1.82) is 0 Å². The van der Waals surface area contributed by atoms with Gasteiger partial charge >= 0.3 is 6.03 Å². The van der Waals surface area contributed by atoms with E-state index in [0.29, 0.717) is 18.7 Å². The molecule has 1 aromatic carbocycles. The molecule has 1 saturated heterocycles. The van der Waals surface area contributed by atoms with E-state index in [1.54, 1.807) is 0 Å². The molecule has 1 N–H and O–H groups in total. The highest BCUT2D eigenvalue weighted by Crippen LogP contribution is 2.15. The van der Waals surface area contributed by atoms with Crippen molar-refractivity contribution in [2.75, 3.05) is 6.54 Å². The highest BCUT2D eigenvalue weighted by Gasteiger charge is 2.26. The van der Waals surface area contributed by atoms with E-state index in [0.717, 1.165) is 16.7 Å². The second-order valence-electron chi connectivity index (χ2n) is 4.71. The number of hydrogen-bond donors (Lipinski definition) is 1. The molecule has 2 aromatic rings. The van der Waals surface area contributed by atoms with Gasteiger partial charge in [-0.15, -0.1) is 0 Å². The predicted molar refractivity (Wildman–Crippen MR) is 72.8 cm³/mol. The van der Waals surface area contributed by atoms with Crippen molar-refractivity contribution in [2.24, 2.45) is 0 Å². The van der Waals surface area contributed by atoms with Gasteiger partial charge in [-0.25, -0.2) is 14.8 Å². The standard InChI is InChI=1S/C14H14N4O2/c1-9-12(8-18-13(19)6-7-15-14(18)20)17-11-5-3-2-4-10(11)16-9/h2-5H,6-8H2,1H3,(H,15,20). The summed E-state index contributed by atoms with van der Waals surface area (Å²) in [5.74, 6) is -0.178. The molecule has 1 aliphatic heterocycles. The lowest BCUT2D eigenvalue weighted by Crippen LogP contribution is -2.49. The van der Waals surface area contributed by atoms with Crippen molar-refractivity contribution in [3.63, 3.8) is 0 Å². The fourth-order valence-corrected chi connectivity index (χ4v) is 2.20. The maximum atomic E-state index is 11.8. The molecule has 0 spiro atoms. The summed E-state index contributed by atoms with van der Waals surface area (Å²) in [5.41, 5.74) is 2.95. The molecule has 3 rings (SSSR count). The number of imide groups is 1. The van der Waals surface area contributed by atoms with Crippen LogP contribution in [-0.2, 0) is 11.3 Å². The number of benzene rings is 1. The second-order valence-corrected chi connectivity index (χ2v) is 4.71. The number of carbonyl (C=O) groups excluding carboxylic acids is 2. The zero-order chi connectivity index (χ0) is 14.1. The lowest BCUT2D eigenvalue weighted by molar-refractivity contribution is -0.129. The minimum Gasteiger partial charge on any atom is -0.337 e. The fourth-order valence-electron chi connectivity index (χ4n) is 2.20. The maximum Gasteiger partial charge on any atom is 0.324 e. The zero-order valence-corrected chi connectivity index (χ0v) is 11.1. The van der Waals surface area contributed by atoms with Crippen LogP contribution in [0.4, 0.5) is 4.79 Å². The average molecular weight is 270 g/mol. The summed E-state index contributed by atoms with van der Waals surface area (Å²) >= 11 is 0. The van der Waals surface area contributed by atoms with Gasteiger partial charge in [0.2, 0.25) is 5.91 Å². The van der Waals surface area contributed by atoms with Crippen molar-refractivity contribution in [2.45, 2.75) is 19.9 Å². The first kappa shape index (κ1) is 12.5. The number of aryl methyl sites for hydroxylation is 1. The largest absolute Gasteiger partial charge is 0.337 e. The molecule has 0 saturated carbocycles. The van der Waals surface area contributed by atoms with Gasteiger partial charge < -0.3 is 5.32 Å². The monoisotopic (exact) mass is 270 g/mol. The van der Waals surface area contributed by atoms with Gasteiger partial charge in [0, 0.05) is 13.0 Å². The van der Waals surface area contributed by atoms with Gasteiger partial charge in [0.1, 0.15) is 0 Å². The number of nitrogens with zero attached hydrogens (tertiary/aromatic N) is 3. The Labute approximate surface area is 115 Å². The summed E-state index contributed by atoms with van der Waals surface area (Å²) in [7, 11) is 0. The SMILES string of the molecule is Cc1nc2ccccc2nc1CN1C(=O)CCNC1=O. The van der Waals surface area contributed by atoms with Crippen LogP contribution in [0.15, 0.2) is 24.3 Å². The van der Waals surface area contributed by atoms with E-state index in [2.05, 4.69) is 15.3 Å². The van der Waals surface area contributed by atoms with Gasteiger partial charge in [-0.1, -0.05) is 12.1 Å². The number of fused-ring (bicyclic) bond motifs is 1. The van der Waals surface area contributed by atoms with Crippen LogP contribution in [0, 0.1) is 6.92 Å². The van der Waals surface area contributed by atoms with Crippen molar-refractivity contribution < 1.29 is 9.59 Å². The Balaban J connectivity index is 1.95. The molecule has 3 amide bonds. The Morgan fingerprint density at radius 2 is 1.90 bits per heavy atom. The van der Waals surface area contributed by atoms with Crippen LogP contribution in [-0.4, -0.2) is 33.4 Å². The van der Waals surface area contributed by atoms with Gasteiger partial charge in [0.05, 0.1) is 29.0 Å². The molecule has 6 heteroatoms. The fraction of sp³-hybridized carbons (Fsp3) is 0.286. The van der Waals surface area contributed by atoms with E-state index in [1.807, 2.05) is 31.2 Å². The Kier molecular flexibility index (Phi) is 3.06. The first-order valence-electron chi connectivity index (χ1n) is 6.45. The van der Waals surface area contributed by atoms with Crippen LogP contribution in [0.3, 0.4) is 0 Å². The first-order chi connectivity index (χ1) is 9.65. The van der Waals surface area contributed by atoms with E-state index in [9.17, 15) is 9.59 Å². The second kappa shape index (κ2) is 4.88. The number of nitrogens with one attached hydrogen (secondary N) is 1. The van der Waals surface area contributed by atoms with Crippen molar-refractivity contribution in [3.05, 3.63) is 35.7 Å². The number of rotatable bonds is 2. The van der Waals surface area contributed by atoms with Gasteiger partial charge in [-0.05, 0) is 19.1 Å². The number of amides is 3. The Morgan fingerprint density at radius 3 is 2.60 bits per heavy atom. The third kappa shape index (κ3) is 2.20. The molecule has 0 aliphatic carbocycles. The molecule has 2 heterocycles. The molecule has 102 valence electrons. The van der Waals surface area contributed by atoms with Crippen molar-refractivity contribution in [3.8, 4) is 0 Å². The van der Waals surface area contributed by atoms with Gasteiger partial charge in [-0.3, -0.25) is 9.69 Å². The zero-order valence-electron chi connectivity index (χ0n) is 11.1. The molecule has 1 fully saturated rings. The van der Waals surface area contributed by atoms with E-state index in [4.69, 9.17) is 0 Å². The summed E-state index contributed by atoms with van der Waals surface area (Å²) in [6, 6.07) is 7.17. The number of aromatic nitrogens is 2. The van der Waals surface area contributed by atoms with E-state index in [-0.39, 0.29) is 18.5 Å². The van der Waals surface area contributed by atoms with Gasteiger partial charge in [-0.2, -0.15) is 0 Å². The van der Waals surface area contributed by atoms with Crippen LogP contribution < -0.4 is 5.32 Å². The third-order valence-electron chi connectivity index (χ3n) is 3.31. The maximum absolute atomic E-state index is 11.8. The van der Waals surface area contributed by atoms with Crippen LogP contribution in [0.2, 0.25) is 0 Å². The van der Waals surface area contributed by atoms with Crippen LogP contribution in [0.25, 0.3) is 11.0 Å². The summed E-state index contributed by atoms with van der Waals surface area (Å²) in [4.78, 5) is 33.7. The van der Waals surface area contributed by atoms with Crippen LogP contribution >= 0.6 is 0 Å². The molecule has 0 bridgehead atoms. The number of para-hydroxylation sites is 2. The summed E-state index contributed by atoms with van der Waals surface area (Å²) in [6.07, 6.45) is 0.325. The van der Waals surface area contributed by atoms with Crippen molar-refractivity contribution in [1.82, 2.24) is 20.2 Å². The van der Waals surface area contributed by atoms with Crippen molar-refractivity contribution >= 4 is 23.0 Å². The van der Waals surface area contributed by atoms with E-state index in [1.165, 1.54) is 4.90 Å². The third-order valence-corrected chi connectivity index (χ3v) is 3.31. The number of hydrogen-bond acceptors (Lipinski definition) is 4. The molecule has 0 radical (unpaired) electrons. The van der Waals surface area contributed by atoms with Crippen LogP contribution in [0.1, 0.15) is 17.8 Å². The molecule has 0 atom stereocenters. The molecular weight excluding hydrogens is 256 g/mol. The molecule has 6 nitrogen and oxygen atoms in total. The molecule has 20 heavy (non-hydrogen) atoms.